The number of nitrogens with one attached hydrogen (secondary N) is 2. The van der Waals surface area contributed by atoms with Crippen LogP contribution in [0.15, 0.2) is 47.2 Å². The first-order valence-electron chi connectivity index (χ1n) is 8.23. The van der Waals surface area contributed by atoms with Crippen LogP contribution in [0.5, 0.6) is 11.5 Å². The van der Waals surface area contributed by atoms with E-state index in [1.54, 1.807) is 39.5 Å². The van der Waals surface area contributed by atoms with E-state index in [2.05, 4.69) is 20.8 Å². The van der Waals surface area contributed by atoms with Gasteiger partial charge in [-0.2, -0.15) is 0 Å². The summed E-state index contributed by atoms with van der Waals surface area (Å²) in [5.41, 5.74) is 2.13. The first-order valence-corrected chi connectivity index (χ1v) is 8.23. The Labute approximate surface area is 156 Å². The largest absolute Gasteiger partial charge is 0.493 e. The standard InChI is InChI=1S/C19H20N4O4/c1-12-6-18(23-27-12)22-19(24)14-8-15(11-20-10-14)21-9-13-4-5-16(25-2)17(7-13)26-3/h4-8,10-11,21H,9H2,1-3H3,(H,22,23,24). The van der Waals surface area contributed by atoms with Gasteiger partial charge < -0.3 is 24.6 Å². The van der Waals surface area contributed by atoms with Crippen LogP contribution < -0.4 is 20.1 Å². The number of benzene rings is 1. The van der Waals surface area contributed by atoms with E-state index < -0.39 is 0 Å². The molecule has 1 amide bonds. The van der Waals surface area contributed by atoms with Crippen molar-refractivity contribution >= 4 is 17.4 Å². The lowest BCUT2D eigenvalue weighted by Gasteiger charge is -2.11. The molecular weight excluding hydrogens is 348 g/mol. The van der Waals surface area contributed by atoms with Gasteiger partial charge in [0.2, 0.25) is 0 Å². The fourth-order valence-corrected chi connectivity index (χ4v) is 2.47. The zero-order valence-corrected chi connectivity index (χ0v) is 15.3. The molecule has 2 heterocycles. The number of nitrogens with zero attached hydrogens (tertiary/aromatic N) is 2. The third-order valence-electron chi connectivity index (χ3n) is 3.81. The quantitative estimate of drug-likeness (QED) is 0.660. The Morgan fingerprint density at radius 3 is 2.63 bits per heavy atom. The summed E-state index contributed by atoms with van der Waals surface area (Å²) in [5, 5.41) is 9.65. The molecule has 8 nitrogen and oxygen atoms in total. The Balaban J connectivity index is 1.66. The predicted molar refractivity (Wildman–Crippen MR) is 100 cm³/mol. The molecular formula is C19H20N4O4. The summed E-state index contributed by atoms with van der Waals surface area (Å²) in [6.07, 6.45) is 3.14. The van der Waals surface area contributed by atoms with Gasteiger partial charge >= 0.3 is 0 Å². The minimum absolute atomic E-state index is 0.314. The zero-order valence-electron chi connectivity index (χ0n) is 15.3. The molecule has 0 bridgehead atoms. The molecule has 0 atom stereocenters. The van der Waals surface area contributed by atoms with Gasteiger partial charge in [0, 0.05) is 25.0 Å². The van der Waals surface area contributed by atoms with E-state index in [0.717, 1.165) is 5.56 Å². The molecule has 3 rings (SSSR count). The Bertz CT molecular complexity index is 939. The highest BCUT2D eigenvalue weighted by Gasteiger charge is 2.10. The number of hydrogen-bond donors (Lipinski definition) is 2. The Morgan fingerprint density at radius 1 is 1.11 bits per heavy atom. The molecule has 0 radical (unpaired) electrons. The number of aromatic nitrogens is 2. The molecule has 0 saturated heterocycles. The molecule has 2 aromatic heterocycles. The topological polar surface area (TPSA) is 98.5 Å². The van der Waals surface area contributed by atoms with Crippen LogP contribution >= 0.6 is 0 Å². The van der Waals surface area contributed by atoms with Crippen LogP contribution in [-0.2, 0) is 6.54 Å². The van der Waals surface area contributed by atoms with Crippen molar-refractivity contribution in [2.75, 3.05) is 24.9 Å². The SMILES string of the molecule is COc1ccc(CNc2cncc(C(=O)Nc3cc(C)on3)c2)cc1OC. The number of rotatable bonds is 7. The van der Waals surface area contributed by atoms with E-state index in [4.69, 9.17) is 14.0 Å². The lowest BCUT2D eigenvalue weighted by Crippen LogP contribution is -2.13. The molecule has 140 valence electrons. The molecule has 0 aliphatic carbocycles. The van der Waals surface area contributed by atoms with Crippen molar-refractivity contribution < 1.29 is 18.8 Å². The fraction of sp³-hybridized carbons (Fsp3) is 0.211. The number of amides is 1. The molecule has 0 spiro atoms. The van der Waals surface area contributed by atoms with Crippen LogP contribution in [0, 0.1) is 6.92 Å². The highest BCUT2D eigenvalue weighted by molar-refractivity contribution is 6.04. The molecule has 0 aliphatic heterocycles. The van der Waals surface area contributed by atoms with Gasteiger partial charge in [-0.05, 0) is 30.7 Å². The van der Waals surface area contributed by atoms with Gasteiger partial charge in [-0.15, -0.1) is 0 Å². The van der Waals surface area contributed by atoms with Crippen molar-refractivity contribution in [1.82, 2.24) is 10.1 Å². The predicted octanol–water partition coefficient (Wildman–Crippen LogP) is 3.26. The van der Waals surface area contributed by atoms with Crippen molar-refractivity contribution in [2.24, 2.45) is 0 Å². The summed E-state index contributed by atoms with van der Waals surface area (Å²) in [4.78, 5) is 16.4. The van der Waals surface area contributed by atoms with Gasteiger partial charge in [0.15, 0.2) is 17.3 Å². The second-order valence-electron chi connectivity index (χ2n) is 5.78. The number of carbonyl (C=O) groups is 1. The molecule has 0 aliphatic rings. The highest BCUT2D eigenvalue weighted by Crippen LogP contribution is 2.27. The normalized spacial score (nSPS) is 10.3. The second kappa shape index (κ2) is 8.22. The molecule has 8 heteroatoms. The number of anilines is 2. The van der Waals surface area contributed by atoms with E-state index >= 15 is 0 Å². The number of hydrogen-bond acceptors (Lipinski definition) is 7. The number of methoxy groups -OCH3 is 2. The summed E-state index contributed by atoms with van der Waals surface area (Å²) < 4.78 is 15.5. The molecule has 2 N–H and O–H groups in total. The van der Waals surface area contributed by atoms with Gasteiger partial charge in [-0.25, -0.2) is 0 Å². The Kier molecular flexibility index (Phi) is 5.55. The smallest absolute Gasteiger partial charge is 0.258 e. The summed E-state index contributed by atoms with van der Waals surface area (Å²) >= 11 is 0. The number of aryl methyl sites for hydroxylation is 1. The van der Waals surface area contributed by atoms with Crippen molar-refractivity contribution in [3.8, 4) is 11.5 Å². The van der Waals surface area contributed by atoms with Crippen LogP contribution in [0.25, 0.3) is 0 Å². The molecule has 0 unspecified atom stereocenters. The summed E-state index contributed by atoms with van der Waals surface area (Å²) in [6, 6.07) is 9.03. The van der Waals surface area contributed by atoms with Gasteiger partial charge in [0.05, 0.1) is 25.5 Å². The van der Waals surface area contributed by atoms with E-state index in [9.17, 15) is 4.79 Å². The van der Waals surface area contributed by atoms with Gasteiger partial charge in [-0.1, -0.05) is 11.2 Å². The van der Waals surface area contributed by atoms with Gasteiger partial charge in [0.25, 0.3) is 5.91 Å². The van der Waals surface area contributed by atoms with E-state index in [1.165, 1.54) is 6.20 Å². The number of pyridine rings is 1. The Morgan fingerprint density at radius 2 is 1.93 bits per heavy atom. The van der Waals surface area contributed by atoms with Crippen molar-refractivity contribution in [3.05, 3.63) is 59.6 Å². The van der Waals surface area contributed by atoms with E-state index in [1.807, 2.05) is 18.2 Å². The van der Waals surface area contributed by atoms with Crippen LogP contribution in [0.2, 0.25) is 0 Å². The molecule has 0 saturated carbocycles. The van der Waals surface area contributed by atoms with Gasteiger partial charge in [-0.3, -0.25) is 9.78 Å². The lowest BCUT2D eigenvalue weighted by atomic mass is 10.2. The van der Waals surface area contributed by atoms with Crippen LogP contribution in [0.4, 0.5) is 11.5 Å². The van der Waals surface area contributed by atoms with E-state index in [0.29, 0.717) is 40.9 Å². The number of ether oxygens (including phenoxy) is 2. The minimum Gasteiger partial charge on any atom is -0.493 e. The second-order valence-corrected chi connectivity index (χ2v) is 5.78. The zero-order chi connectivity index (χ0) is 19.2. The molecule has 0 fully saturated rings. The lowest BCUT2D eigenvalue weighted by molar-refractivity contribution is 0.102. The maximum Gasteiger partial charge on any atom is 0.258 e. The molecule has 27 heavy (non-hydrogen) atoms. The highest BCUT2D eigenvalue weighted by atomic mass is 16.5. The Hall–Kier alpha value is -3.55. The minimum atomic E-state index is -0.314. The third kappa shape index (κ3) is 4.55. The third-order valence-corrected chi connectivity index (χ3v) is 3.81. The first kappa shape index (κ1) is 18.2. The van der Waals surface area contributed by atoms with E-state index in [-0.39, 0.29) is 5.91 Å². The van der Waals surface area contributed by atoms with Crippen LogP contribution in [0.3, 0.4) is 0 Å². The molecule has 1 aromatic carbocycles. The average molecular weight is 368 g/mol. The first-order chi connectivity index (χ1) is 13.1. The van der Waals surface area contributed by atoms with Crippen LogP contribution in [0.1, 0.15) is 21.7 Å². The van der Waals surface area contributed by atoms with Crippen molar-refractivity contribution in [3.63, 3.8) is 0 Å². The number of carbonyl (C=O) groups excluding carboxylic acids is 1. The maximum absolute atomic E-state index is 12.3. The maximum atomic E-state index is 12.3. The van der Waals surface area contributed by atoms with Crippen molar-refractivity contribution in [1.29, 1.82) is 0 Å². The van der Waals surface area contributed by atoms with Crippen LogP contribution in [-0.4, -0.2) is 30.3 Å². The summed E-state index contributed by atoms with van der Waals surface area (Å²) in [5.74, 6) is 2.00. The van der Waals surface area contributed by atoms with Crippen molar-refractivity contribution in [2.45, 2.75) is 13.5 Å². The summed E-state index contributed by atoms with van der Waals surface area (Å²) in [7, 11) is 3.19. The van der Waals surface area contributed by atoms with Gasteiger partial charge in [0.1, 0.15) is 5.76 Å². The monoisotopic (exact) mass is 368 g/mol. The average Bonchev–Trinajstić information content (AvgIpc) is 3.10. The molecule has 3 aromatic rings. The summed E-state index contributed by atoms with van der Waals surface area (Å²) in [6.45, 7) is 2.29. The fourth-order valence-electron chi connectivity index (χ4n) is 2.47.